The molecule has 2 aliphatic heterocycles. The first kappa shape index (κ1) is 26.9. The minimum absolute atomic E-state index is 0.0120. The fraction of sp³-hybridized carbons (Fsp3) is 0.321. The number of thioether (sulfide) groups is 1. The number of nitrogens with zero attached hydrogens (tertiary/aromatic N) is 2. The SMILES string of the molecule is CSCC[C@@H]1CO[C@H]2Cn3cc(C(=O)NCc4ccc(F)cc4F)c(=O)c(OCc4ccccc4)c3C(=O)N12. The Bertz CT molecular complexity index is 1450. The largest absolute Gasteiger partial charge is 0.483 e. The van der Waals surface area contributed by atoms with E-state index in [0.717, 1.165) is 29.9 Å². The predicted molar refractivity (Wildman–Crippen MR) is 142 cm³/mol. The number of rotatable bonds is 9. The normalized spacial score (nSPS) is 18.0. The molecule has 1 fully saturated rings. The van der Waals surface area contributed by atoms with Crippen LogP contribution in [0.5, 0.6) is 5.75 Å². The molecule has 39 heavy (non-hydrogen) atoms. The van der Waals surface area contributed by atoms with Crippen molar-refractivity contribution in [1.82, 2.24) is 14.8 Å². The van der Waals surface area contributed by atoms with Gasteiger partial charge in [-0.3, -0.25) is 14.4 Å². The van der Waals surface area contributed by atoms with Gasteiger partial charge in [0.15, 0.2) is 17.7 Å². The van der Waals surface area contributed by atoms with Crippen LogP contribution in [0.15, 0.2) is 59.5 Å². The van der Waals surface area contributed by atoms with E-state index in [1.807, 2.05) is 36.6 Å². The Hall–Kier alpha value is -3.70. The molecule has 1 aromatic heterocycles. The molecule has 0 saturated carbocycles. The second-order valence-electron chi connectivity index (χ2n) is 9.33. The fourth-order valence-electron chi connectivity index (χ4n) is 4.79. The maximum atomic E-state index is 14.1. The van der Waals surface area contributed by atoms with Gasteiger partial charge in [0.2, 0.25) is 5.43 Å². The van der Waals surface area contributed by atoms with Gasteiger partial charge in [0.1, 0.15) is 23.8 Å². The lowest BCUT2D eigenvalue weighted by Gasteiger charge is -2.35. The molecular formula is C28H27F2N3O5S. The molecule has 0 spiro atoms. The van der Waals surface area contributed by atoms with E-state index >= 15 is 0 Å². The Labute approximate surface area is 227 Å². The van der Waals surface area contributed by atoms with Crippen molar-refractivity contribution in [2.75, 3.05) is 18.6 Å². The summed E-state index contributed by atoms with van der Waals surface area (Å²) in [5.41, 5.74) is -0.108. The maximum absolute atomic E-state index is 14.1. The summed E-state index contributed by atoms with van der Waals surface area (Å²) in [6, 6.07) is 12.0. The predicted octanol–water partition coefficient (Wildman–Crippen LogP) is 3.57. The number of aromatic nitrogens is 1. The van der Waals surface area contributed by atoms with Gasteiger partial charge in [0.05, 0.1) is 19.2 Å². The topological polar surface area (TPSA) is 89.9 Å². The average Bonchev–Trinajstić information content (AvgIpc) is 3.34. The Kier molecular flexibility index (Phi) is 7.99. The van der Waals surface area contributed by atoms with E-state index in [-0.39, 0.29) is 48.3 Å². The second-order valence-corrected chi connectivity index (χ2v) is 10.3. The van der Waals surface area contributed by atoms with E-state index in [2.05, 4.69) is 5.32 Å². The Morgan fingerprint density at radius 1 is 1.18 bits per heavy atom. The first-order chi connectivity index (χ1) is 18.9. The number of benzene rings is 2. The number of nitrogens with one attached hydrogen (secondary N) is 1. The number of hydrogen-bond donors (Lipinski definition) is 1. The number of carbonyl (C=O) groups is 2. The lowest BCUT2D eigenvalue weighted by molar-refractivity contribution is 0.00545. The van der Waals surface area contributed by atoms with Gasteiger partial charge in [-0.15, -0.1) is 0 Å². The third kappa shape index (κ3) is 5.55. The van der Waals surface area contributed by atoms with Crippen LogP contribution < -0.4 is 15.5 Å². The number of pyridine rings is 1. The number of amides is 2. The van der Waals surface area contributed by atoms with Crippen molar-refractivity contribution in [3.8, 4) is 5.75 Å². The minimum Gasteiger partial charge on any atom is -0.483 e. The van der Waals surface area contributed by atoms with Gasteiger partial charge >= 0.3 is 0 Å². The van der Waals surface area contributed by atoms with E-state index in [0.29, 0.717) is 6.61 Å². The average molecular weight is 556 g/mol. The van der Waals surface area contributed by atoms with Crippen LogP contribution in [-0.2, 0) is 24.4 Å². The molecule has 3 heterocycles. The van der Waals surface area contributed by atoms with Crippen molar-refractivity contribution < 1.29 is 27.8 Å². The highest BCUT2D eigenvalue weighted by molar-refractivity contribution is 7.98. The fourth-order valence-corrected chi connectivity index (χ4v) is 5.29. The molecule has 204 valence electrons. The molecule has 2 atom stereocenters. The van der Waals surface area contributed by atoms with E-state index in [4.69, 9.17) is 9.47 Å². The van der Waals surface area contributed by atoms with Crippen LogP contribution in [0.25, 0.3) is 0 Å². The molecule has 5 rings (SSSR count). The molecule has 0 bridgehead atoms. The second kappa shape index (κ2) is 11.6. The highest BCUT2D eigenvalue weighted by Crippen LogP contribution is 2.32. The van der Waals surface area contributed by atoms with Gasteiger partial charge in [0, 0.05) is 24.4 Å². The molecule has 2 amide bonds. The van der Waals surface area contributed by atoms with Crippen molar-refractivity contribution in [2.24, 2.45) is 0 Å². The number of carbonyl (C=O) groups excluding carboxylic acids is 2. The van der Waals surface area contributed by atoms with E-state index in [1.165, 1.54) is 16.8 Å². The highest BCUT2D eigenvalue weighted by Gasteiger charge is 2.44. The maximum Gasteiger partial charge on any atom is 0.276 e. The number of ether oxygens (including phenoxy) is 2. The van der Waals surface area contributed by atoms with Gasteiger partial charge in [-0.25, -0.2) is 8.78 Å². The van der Waals surface area contributed by atoms with Crippen molar-refractivity contribution >= 4 is 23.6 Å². The van der Waals surface area contributed by atoms with Crippen LogP contribution >= 0.6 is 11.8 Å². The van der Waals surface area contributed by atoms with Gasteiger partial charge in [-0.05, 0) is 30.1 Å². The highest BCUT2D eigenvalue weighted by atomic mass is 32.2. The smallest absolute Gasteiger partial charge is 0.276 e. The quantitative estimate of drug-likeness (QED) is 0.434. The van der Waals surface area contributed by atoms with Gasteiger partial charge in [-0.1, -0.05) is 36.4 Å². The third-order valence-electron chi connectivity index (χ3n) is 6.79. The van der Waals surface area contributed by atoms with Crippen LogP contribution in [0.4, 0.5) is 8.78 Å². The molecule has 2 aromatic carbocycles. The van der Waals surface area contributed by atoms with Crippen LogP contribution in [-0.4, -0.2) is 52.2 Å². The first-order valence-corrected chi connectivity index (χ1v) is 13.9. The lowest BCUT2D eigenvalue weighted by atomic mass is 10.1. The molecule has 11 heteroatoms. The zero-order chi connectivity index (χ0) is 27.5. The third-order valence-corrected chi connectivity index (χ3v) is 7.44. The van der Waals surface area contributed by atoms with Crippen LogP contribution in [0, 0.1) is 11.6 Å². The summed E-state index contributed by atoms with van der Waals surface area (Å²) in [4.78, 5) is 42.1. The number of hydrogen-bond acceptors (Lipinski definition) is 6. The Morgan fingerprint density at radius 3 is 2.72 bits per heavy atom. The van der Waals surface area contributed by atoms with Gasteiger partial charge in [0.25, 0.3) is 11.8 Å². The monoisotopic (exact) mass is 555 g/mol. The Morgan fingerprint density at radius 2 is 1.97 bits per heavy atom. The van der Waals surface area contributed by atoms with E-state index in [1.54, 1.807) is 16.7 Å². The van der Waals surface area contributed by atoms with E-state index in [9.17, 15) is 23.2 Å². The minimum atomic E-state index is -0.815. The molecule has 1 N–H and O–H groups in total. The molecule has 0 aliphatic carbocycles. The van der Waals surface area contributed by atoms with Gasteiger partial charge in [-0.2, -0.15) is 11.8 Å². The Balaban J connectivity index is 1.48. The summed E-state index contributed by atoms with van der Waals surface area (Å²) in [6.07, 6.45) is 3.52. The standard InChI is InChI=1S/C28H27F2N3O5S/c1-39-10-9-20-16-37-23-14-32-13-21(27(35)31-12-18-7-8-19(29)11-22(18)30)25(34)26(24(32)28(36)33(20)23)38-15-17-5-3-2-4-6-17/h2-8,11,13,20,23H,9-10,12,14-16H2,1H3,(H,31,35)/t20-,23+/m1/s1. The summed E-state index contributed by atoms with van der Waals surface area (Å²) in [5, 5.41) is 2.51. The first-order valence-electron chi connectivity index (χ1n) is 12.5. The number of fused-ring (bicyclic) bond motifs is 2. The summed E-state index contributed by atoms with van der Waals surface area (Å²) in [7, 11) is 0. The molecule has 3 aromatic rings. The van der Waals surface area contributed by atoms with Gasteiger partial charge < -0.3 is 24.3 Å². The molecule has 2 aliphatic rings. The molecule has 8 nitrogen and oxygen atoms in total. The summed E-state index contributed by atoms with van der Waals surface area (Å²) < 4.78 is 40.7. The lowest BCUT2D eigenvalue weighted by Crippen LogP contribution is -2.50. The summed E-state index contributed by atoms with van der Waals surface area (Å²) in [5.74, 6) is -2.09. The van der Waals surface area contributed by atoms with Crippen molar-refractivity contribution in [2.45, 2.75) is 38.4 Å². The zero-order valence-electron chi connectivity index (χ0n) is 21.2. The zero-order valence-corrected chi connectivity index (χ0v) is 22.0. The van der Waals surface area contributed by atoms with Crippen LogP contribution in [0.2, 0.25) is 0 Å². The van der Waals surface area contributed by atoms with Crippen LogP contribution in [0.1, 0.15) is 38.4 Å². The number of halogens is 2. The van der Waals surface area contributed by atoms with Crippen LogP contribution in [0.3, 0.4) is 0 Å². The molecule has 0 unspecified atom stereocenters. The molecule has 0 radical (unpaired) electrons. The van der Waals surface area contributed by atoms with Crippen molar-refractivity contribution in [3.63, 3.8) is 0 Å². The van der Waals surface area contributed by atoms with Crippen molar-refractivity contribution in [1.29, 1.82) is 0 Å². The molecule has 1 saturated heterocycles. The van der Waals surface area contributed by atoms with Crippen molar-refractivity contribution in [3.05, 3.63) is 99.0 Å². The summed E-state index contributed by atoms with van der Waals surface area (Å²) >= 11 is 1.68. The summed E-state index contributed by atoms with van der Waals surface area (Å²) in [6.45, 7) is 0.345. The van der Waals surface area contributed by atoms with E-state index < -0.39 is 35.1 Å². The molecular weight excluding hydrogens is 528 g/mol.